The van der Waals surface area contributed by atoms with Crippen molar-refractivity contribution in [3.8, 4) is 5.75 Å². The van der Waals surface area contributed by atoms with Crippen LogP contribution in [0.1, 0.15) is 30.6 Å². The van der Waals surface area contributed by atoms with Crippen LogP contribution in [-0.4, -0.2) is 49.6 Å². The first kappa shape index (κ1) is 15.0. The first-order valence-corrected chi connectivity index (χ1v) is 7.20. The summed E-state index contributed by atoms with van der Waals surface area (Å²) >= 11 is 0. The second-order valence-corrected chi connectivity index (χ2v) is 5.20. The van der Waals surface area contributed by atoms with Crippen molar-refractivity contribution in [3.05, 3.63) is 29.8 Å². The second-order valence-electron chi connectivity index (χ2n) is 5.20. The van der Waals surface area contributed by atoms with Gasteiger partial charge in [0.2, 0.25) is 0 Å². The normalized spacial score (nSPS) is 22.2. The number of para-hydroxylation sites is 1. The van der Waals surface area contributed by atoms with Crippen LogP contribution in [-0.2, 0) is 4.74 Å². The van der Waals surface area contributed by atoms with E-state index in [0.29, 0.717) is 30.5 Å². The Kier molecular flexibility index (Phi) is 5.15. The van der Waals surface area contributed by atoms with Crippen molar-refractivity contribution >= 4 is 5.78 Å². The lowest BCUT2D eigenvalue weighted by molar-refractivity contribution is 0.0744. The minimum absolute atomic E-state index is 0.0932. The predicted molar refractivity (Wildman–Crippen MR) is 78.4 cm³/mol. The molecule has 0 radical (unpaired) electrons. The summed E-state index contributed by atoms with van der Waals surface area (Å²) in [5, 5.41) is 0. The van der Waals surface area contributed by atoms with Crippen molar-refractivity contribution in [2.75, 3.05) is 26.8 Å². The molecule has 0 saturated carbocycles. The topological polar surface area (TPSA) is 38.8 Å². The Morgan fingerprint density at radius 2 is 2.20 bits per heavy atom. The van der Waals surface area contributed by atoms with E-state index in [0.717, 1.165) is 13.0 Å². The van der Waals surface area contributed by atoms with E-state index in [1.54, 1.807) is 0 Å². The van der Waals surface area contributed by atoms with Gasteiger partial charge >= 0.3 is 0 Å². The first-order chi connectivity index (χ1) is 9.63. The van der Waals surface area contributed by atoms with Crippen molar-refractivity contribution in [2.45, 2.75) is 32.4 Å². The van der Waals surface area contributed by atoms with Crippen LogP contribution in [0.25, 0.3) is 0 Å². The molecule has 0 aliphatic carbocycles. The van der Waals surface area contributed by atoms with Crippen LogP contribution in [0.5, 0.6) is 5.75 Å². The van der Waals surface area contributed by atoms with Crippen LogP contribution in [0, 0.1) is 0 Å². The minimum atomic E-state index is 0.0932. The molecule has 110 valence electrons. The van der Waals surface area contributed by atoms with Gasteiger partial charge in [0.15, 0.2) is 5.78 Å². The molecule has 0 aromatic heterocycles. The number of benzene rings is 1. The van der Waals surface area contributed by atoms with Crippen LogP contribution in [0.3, 0.4) is 0 Å². The van der Waals surface area contributed by atoms with E-state index in [1.807, 2.05) is 38.2 Å². The van der Waals surface area contributed by atoms with Gasteiger partial charge in [-0.1, -0.05) is 12.1 Å². The highest BCUT2D eigenvalue weighted by Gasteiger charge is 2.29. The summed E-state index contributed by atoms with van der Waals surface area (Å²) < 4.78 is 11.1. The van der Waals surface area contributed by atoms with Gasteiger partial charge in [-0.15, -0.1) is 0 Å². The van der Waals surface area contributed by atoms with Gasteiger partial charge < -0.3 is 9.47 Å². The van der Waals surface area contributed by atoms with Crippen molar-refractivity contribution in [2.24, 2.45) is 0 Å². The molecule has 0 N–H and O–H groups in total. The molecule has 1 heterocycles. The van der Waals surface area contributed by atoms with Gasteiger partial charge in [0, 0.05) is 12.6 Å². The highest BCUT2D eigenvalue weighted by atomic mass is 16.5. The molecule has 1 saturated heterocycles. The fourth-order valence-electron chi connectivity index (χ4n) is 2.71. The molecule has 4 heteroatoms. The summed E-state index contributed by atoms with van der Waals surface area (Å²) in [6.45, 7) is 5.72. The lowest BCUT2D eigenvalue weighted by atomic mass is 10.1. The number of hydrogen-bond donors (Lipinski definition) is 0. The Morgan fingerprint density at radius 3 is 2.85 bits per heavy atom. The maximum atomic E-state index is 12.5. The lowest BCUT2D eigenvalue weighted by Crippen LogP contribution is -2.39. The van der Waals surface area contributed by atoms with E-state index in [4.69, 9.17) is 9.47 Å². The Morgan fingerprint density at radius 1 is 1.45 bits per heavy atom. The third kappa shape index (κ3) is 3.38. The number of Topliss-reactive ketones (excluding diaryl/α,β-unsaturated/α-hetero) is 1. The van der Waals surface area contributed by atoms with E-state index in [2.05, 4.69) is 11.8 Å². The van der Waals surface area contributed by atoms with E-state index in [1.165, 1.54) is 0 Å². The largest absolute Gasteiger partial charge is 0.493 e. The molecule has 2 unspecified atom stereocenters. The smallest absolute Gasteiger partial charge is 0.180 e. The molecule has 0 spiro atoms. The number of ether oxygens (including phenoxy) is 2. The van der Waals surface area contributed by atoms with Crippen molar-refractivity contribution in [1.82, 2.24) is 4.90 Å². The molecule has 2 rings (SSSR count). The van der Waals surface area contributed by atoms with Crippen molar-refractivity contribution < 1.29 is 14.3 Å². The minimum Gasteiger partial charge on any atom is -0.493 e. The molecule has 0 amide bonds. The number of likely N-dealkylation sites (N-methyl/N-ethyl adjacent to an activating group) is 1. The van der Waals surface area contributed by atoms with Crippen LogP contribution < -0.4 is 4.74 Å². The van der Waals surface area contributed by atoms with Gasteiger partial charge in [-0.3, -0.25) is 9.69 Å². The summed E-state index contributed by atoms with van der Waals surface area (Å²) in [6, 6.07) is 7.75. The first-order valence-electron chi connectivity index (χ1n) is 7.20. The number of carbonyl (C=O) groups is 1. The third-order valence-corrected chi connectivity index (χ3v) is 3.78. The highest BCUT2D eigenvalue weighted by Crippen LogP contribution is 2.21. The monoisotopic (exact) mass is 277 g/mol. The molecular weight excluding hydrogens is 254 g/mol. The predicted octanol–water partition coefficient (Wildman–Crippen LogP) is 2.38. The number of rotatable bonds is 6. The van der Waals surface area contributed by atoms with Gasteiger partial charge in [0.05, 0.1) is 24.8 Å². The van der Waals surface area contributed by atoms with Crippen LogP contribution in [0.4, 0.5) is 0 Å². The molecule has 1 aromatic rings. The third-order valence-electron chi connectivity index (χ3n) is 3.78. The molecule has 4 nitrogen and oxygen atoms in total. The fourth-order valence-corrected chi connectivity index (χ4v) is 2.71. The fraction of sp³-hybridized carbons (Fsp3) is 0.562. The Balaban J connectivity index is 2.04. The van der Waals surface area contributed by atoms with E-state index in [-0.39, 0.29) is 11.9 Å². The summed E-state index contributed by atoms with van der Waals surface area (Å²) in [6.07, 6.45) is 1.17. The van der Waals surface area contributed by atoms with Gasteiger partial charge in [0.25, 0.3) is 0 Å². The summed E-state index contributed by atoms with van der Waals surface area (Å²) in [5.41, 5.74) is 0.660. The van der Waals surface area contributed by atoms with Crippen molar-refractivity contribution in [1.29, 1.82) is 0 Å². The molecule has 20 heavy (non-hydrogen) atoms. The van der Waals surface area contributed by atoms with Crippen molar-refractivity contribution in [3.63, 3.8) is 0 Å². The zero-order chi connectivity index (χ0) is 14.5. The summed E-state index contributed by atoms with van der Waals surface area (Å²) in [5.74, 6) is 0.764. The summed E-state index contributed by atoms with van der Waals surface area (Å²) in [4.78, 5) is 14.5. The zero-order valence-corrected chi connectivity index (χ0v) is 12.5. The lowest BCUT2D eigenvalue weighted by Gasteiger charge is -2.26. The quantitative estimate of drug-likeness (QED) is 0.748. The molecule has 1 aromatic carbocycles. The average molecular weight is 277 g/mol. The van der Waals surface area contributed by atoms with Crippen LogP contribution in [0.2, 0.25) is 0 Å². The zero-order valence-electron chi connectivity index (χ0n) is 12.5. The van der Waals surface area contributed by atoms with Gasteiger partial charge in [-0.2, -0.15) is 0 Å². The molecule has 2 atom stereocenters. The number of nitrogens with zero attached hydrogens (tertiary/aromatic N) is 1. The van der Waals surface area contributed by atoms with E-state index < -0.39 is 0 Å². The Hall–Kier alpha value is -1.39. The van der Waals surface area contributed by atoms with Gasteiger partial charge in [-0.25, -0.2) is 0 Å². The van der Waals surface area contributed by atoms with Crippen LogP contribution >= 0.6 is 0 Å². The van der Waals surface area contributed by atoms with E-state index >= 15 is 0 Å². The maximum absolute atomic E-state index is 12.5. The Labute approximate surface area is 120 Å². The van der Waals surface area contributed by atoms with Gasteiger partial charge in [0.1, 0.15) is 5.75 Å². The number of ketones is 1. The second kappa shape index (κ2) is 6.86. The van der Waals surface area contributed by atoms with E-state index in [9.17, 15) is 4.79 Å². The SMILES string of the molecule is CCOc1ccccc1C(=O)CN(C)C1CCOC1C. The van der Waals surface area contributed by atoms with Gasteiger partial charge in [-0.05, 0) is 39.4 Å². The molecular formula is C16H23NO3. The molecule has 0 bridgehead atoms. The molecule has 1 aliphatic heterocycles. The summed E-state index contributed by atoms with van der Waals surface area (Å²) in [7, 11) is 1.98. The molecule has 1 aliphatic rings. The Bertz CT molecular complexity index is 461. The maximum Gasteiger partial charge on any atom is 0.180 e. The highest BCUT2D eigenvalue weighted by molar-refractivity contribution is 6.00. The number of hydrogen-bond acceptors (Lipinski definition) is 4. The molecule has 1 fully saturated rings. The number of carbonyl (C=O) groups excluding carboxylic acids is 1. The standard InChI is InChI=1S/C16H23NO3/c1-4-19-16-8-6-5-7-13(16)15(18)11-17(3)14-9-10-20-12(14)2/h5-8,12,14H,4,9-11H2,1-3H3. The average Bonchev–Trinajstić information content (AvgIpc) is 2.86. The van der Waals surface area contributed by atoms with Crippen LogP contribution in [0.15, 0.2) is 24.3 Å².